The first-order valence-corrected chi connectivity index (χ1v) is 10.8. The van der Waals surface area contributed by atoms with Crippen LogP contribution in [-0.4, -0.2) is 53.3 Å². The fourth-order valence-electron chi connectivity index (χ4n) is 4.18. The molecule has 3 heterocycles. The lowest BCUT2D eigenvalue weighted by atomic mass is 10.0. The Balaban J connectivity index is 1.28. The number of ether oxygens (including phenoxy) is 3. The molecule has 2 aliphatic heterocycles. The molecule has 0 radical (unpaired) electrons. The zero-order valence-corrected chi connectivity index (χ0v) is 19.1. The summed E-state index contributed by atoms with van der Waals surface area (Å²) in [5.74, 6) is 2.71. The van der Waals surface area contributed by atoms with Crippen LogP contribution in [0.15, 0.2) is 59.4 Å². The second-order valence-electron chi connectivity index (χ2n) is 7.96. The topological polar surface area (TPSA) is 102 Å². The van der Waals surface area contributed by atoms with Crippen molar-refractivity contribution in [3.63, 3.8) is 0 Å². The second-order valence-corrected chi connectivity index (χ2v) is 7.96. The average Bonchev–Trinajstić information content (AvgIpc) is 3.53. The molecule has 34 heavy (non-hydrogen) atoms. The van der Waals surface area contributed by atoms with E-state index in [2.05, 4.69) is 15.6 Å². The zero-order chi connectivity index (χ0) is 23.7. The molecule has 0 aliphatic carbocycles. The number of nitrogens with zero attached hydrogens (tertiary/aromatic N) is 4. The van der Waals surface area contributed by atoms with Crippen molar-refractivity contribution in [1.29, 1.82) is 0 Å². The lowest BCUT2D eigenvalue weighted by Crippen LogP contribution is -2.47. The summed E-state index contributed by atoms with van der Waals surface area (Å²) in [6.45, 7) is 0.179. The van der Waals surface area contributed by atoms with Crippen molar-refractivity contribution in [3.05, 3.63) is 66.3 Å². The van der Waals surface area contributed by atoms with Crippen molar-refractivity contribution in [3.8, 4) is 28.6 Å². The third-order valence-electron chi connectivity index (χ3n) is 6.02. The van der Waals surface area contributed by atoms with Crippen LogP contribution in [0.4, 0.5) is 0 Å². The quantitative estimate of drug-likeness (QED) is 0.567. The van der Waals surface area contributed by atoms with Crippen LogP contribution in [0.25, 0.3) is 11.4 Å². The predicted molar refractivity (Wildman–Crippen MR) is 122 cm³/mol. The van der Waals surface area contributed by atoms with E-state index in [1.807, 2.05) is 35.5 Å². The number of carbonyl (C=O) groups is 1. The molecule has 1 amide bonds. The van der Waals surface area contributed by atoms with E-state index in [0.29, 0.717) is 35.2 Å². The van der Waals surface area contributed by atoms with Crippen molar-refractivity contribution < 1.29 is 23.5 Å². The Kier molecular flexibility index (Phi) is 5.81. The number of rotatable bonds is 7. The van der Waals surface area contributed by atoms with Crippen LogP contribution in [0.2, 0.25) is 0 Å². The summed E-state index contributed by atoms with van der Waals surface area (Å²) >= 11 is 0. The molecule has 10 heteroatoms. The maximum absolute atomic E-state index is 13.2. The normalized spacial score (nSPS) is 19.3. The van der Waals surface area contributed by atoms with E-state index in [9.17, 15) is 4.79 Å². The number of amides is 1. The van der Waals surface area contributed by atoms with E-state index in [4.69, 9.17) is 18.7 Å². The van der Waals surface area contributed by atoms with Gasteiger partial charge >= 0.3 is 0 Å². The number of hydrogen-bond acceptors (Lipinski definition) is 9. The first-order valence-electron chi connectivity index (χ1n) is 10.8. The molecule has 0 bridgehead atoms. The molecule has 2 aliphatic rings. The molecule has 0 spiro atoms. The highest BCUT2D eigenvalue weighted by Crippen LogP contribution is 2.33. The van der Waals surface area contributed by atoms with Gasteiger partial charge in [-0.25, -0.2) is 5.43 Å². The summed E-state index contributed by atoms with van der Waals surface area (Å²) in [5.41, 5.74) is 5.16. The van der Waals surface area contributed by atoms with Crippen LogP contribution in [0.1, 0.15) is 23.9 Å². The van der Waals surface area contributed by atoms with E-state index in [1.165, 1.54) is 0 Å². The Morgan fingerprint density at radius 3 is 2.53 bits per heavy atom. The van der Waals surface area contributed by atoms with E-state index < -0.39 is 0 Å². The highest BCUT2D eigenvalue weighted by molar-refractivity contribution is 5.84. The van der Waals surface area contributed by atoms with Crippen LogP contribution in [-0.2, 0) is 11.3 Å². The van der Waals surface area contributed by atoms with Gasteiger partial charge in [-0.15, -0.1) is 0 Å². The van der Waals surface area contributed by atoms with Gasteiger partial charge in [0, 0.05) is 18.5 Å². The summed E-state index contributed by atoms with van der Waals surface area (Å²) in [7, 11) is 4.79. The highest BCUT2D eigenvalue weighted by Gasteiger charge is 2.40. The fourth-order valence-corrected chi connectivity index (χ4v) is 4.18. The maximum atomic E-state index is 13.2. The number of hydrazine groups is 1. The number of fused-ring (bicyclic) bond motifs is 1. The smallest absolute Gasteiger partial charge is 0.251 e. The fraction of sp³-hybridized carbons (Fsp3) is 0.292. The van der Waals surface area contributed by atoms with Crippen molar-refractivity contribution in [2.75, 3.05) is 21.3 Å². The molecule has 176 valence electrons. The molecular formula is C24H25N5O5. The van der Waals surface area contributed by atoms with Gasteiger partial charge in [0.05, 0.1) is 32.9 Å². The Morgan fingerprint density at radius 2 is 1.79 bits per heavy atom. The molecule has 3 aromatic rings. The van der Waals surface area contributed by atoms with E-state index in [-0.39, 0.29) is 24.5 Å². The summed E-state index contributed by atoms with van der Waals surface area (Å²) < 4.78 is 21.3. The minimum atomic E-state index is -0.318. The second kappa shape index (κ2) is 9.06. The maximum Gasteiger partial charge on any atom is 0.251 e. The number of methoxy groups -OCH3 is 3. The molecule has 2 atom stereocenters. The molecule has 10 nitrogen and oxygen atoms in total. The molecule has 1 N–H and O–H groups in total. The number of nitrogens with one attached hydrogen (secondary N) is 1. The van der Waals surface area contributed by atoms with Crippen molar-refractivity contribution >= 4 is 5.91 Å². The molecule has 1 saturated heterocycles. The number of hydrogen-bond donors (Lipinski definition) is 1. The van der Waals surface area contributed by atoms with E-state index >= 15 is 0 Å². The minimum Gasteiger partial charge on any atom is -0.497 e. The predicted octanol–water partition coefficient (Wildman–Crippen LogP) is 2.90. The van der Waals surface area contributed by atoms with Gasteiger partial charge in [0.25, 0.3) is 5.91 Å². The summed E-state index contributed by atoms with van der Waals surface area (Å²) in [6.07, 6.45) is 4.23. The van der Waals surface area contributed by atoms with Crippen molar-refractivity contribution in [2.45, 2.75) is 25.0 Å². The standard InChI is InChI=1S/C24H25N5O5/c1-31-16-6-4-15(5-7-16)19-13-20-24(30)28(10-11-29(20)26-19)14-22-25-23(27-34-22)18-9-8-17(32-2)12-21(18)33-3/h4-12,19-20,26H,13-14H2,1-3H3. The monoisotopic (exact) mass is 463 g/mol. The van der Waals surface area contributed by atoms with Crippen molar-refractivity contribution in [1.82, 2.24) is 25.5 Å². The van der Waals surface area contributed by atoms with Gasteiger partial charge in [-0.05, 0) is 36.2 Å². The number of benzene rings is 2. The van der Waals surface area contributed by atoms with Crippen LogP contribution in [0, 0.1) is 0 Å². The lowest BCUT2D eigenvalue weighted by Gasteiger charge is -2.30. The van der Waals surface area contributed by atoms with Crippen LogP contribution >= 0.6 is 0 Å². The van der Waals surface area contributed by atoms with Gasteiger partial charge in [-0.1, -0.05) is 17.3 Å². The molecular weight excluding hydrogens is 438 g/mol. The molecule has 2 unspecified atom stereocenters. The Morgan fingerprint density at radius 1 is 1.03 bits per heavy atom. The average molecular weight is 463 g/mol. The Labute approximate surface area is 196 Å². The minimum absolute atomic E-state index is 0.0296. The lowest BCUT2D eigenvalue weighted by molar-refractivity contribution is -0.135. The zero-order valence-electron chi connectivity index (χ0n) is 19.1. The third kappa shape index (κ3) is 4.03. The molecule has 5 rings (SSSR count). The number of carbonyl (C=O) groups excluding carboxylic acids is 1. The first kappa shape index (κ1) is 21.8. The van der Waals surface area contributed by atoms with Crippen molar-refractivity contribution in [2.24, 2.45) is 0 Å². The molecule has 2 aromatic carbocycles. The Hall–Kier alpha value is -4.05. The summed E-state index contributed by atoms with van der Waals surface area (Å²) in [6, 6.07) is 12.9. The SMILES string of the molecule is COc1ccc(C2CC3C(=O)N(Cc4nc(-c5ccc(OC)cc5OC)no4)C=CN3N2)cc1. The highest BCUT2D eigenvalue weighted by atomic mass is 16.5. The van der Waals surface area contributed by atoms with Gasteiger partial charge in [-0.2, -0.15) is 4.98 Å². The van der Waals surface area contributed by atoms with Gasteiger partial charge in [0.15, 0.2) is 0 Å². The largest absolute Gasteiger partial charge is 0.497 e. The first-order chi connectivity index (χ1) is 16.6. The van der Waals surface area contributed by atoms with Gasteiger partial charge in [-0.3, -0.25) is 4.79 Å². The summed E-state index contributed by atoms with van der Waals surface area (Å²) in [5, 5.41) is 5.93. The number of aromatic nitrogens is 2. The molecule has 1 aromatic heterocycles. The van der Waals surface area contributed by atoms with Crippen LogP contribution in [0.3, 0.4) is 0 Å². The van der Waals surface area contributed by atoms with Gasteiger partial charge in [0.2, 0.25) is 11.7 Å². The van der Waals surface area contributed by atoms with Gasteiger partial charge < -0.3 is 28.6 Å². The van der Waals surface area contributed by atoms with E-state index in [0.717, 1.165) is 11.3 Å². The van der Waals surface area contributed by atoms with Crippen LogP contribution < -0.4 is 19.6 Å². The van der Waals surface area contributed by atoms with Crippen LogP contribution in [0.5, 0.6) is 17.2 Å². The van der Waals surface area contributed by atoms with E-state index in [1.54, 1.807) is 50.6 Å². The molecule has 1 fully saturated rings. The third-order valence-corrected chi connectivity index (χ3v) is 6.02. The molecule has 0 saturated carbocycles. The summed E-state index contributed by atoms with van der Waals surface area (Å²) in [4.78, 5) is 19.3. The van der Waals surface area contributed by atoms with Gasteiger partial charge in [0.1, 0.15) is 29.8 Å². The Bertz CT molecular complexity index is 1210.